The van der Waals surface area contributed by atoms with Gasteiger partial charge in [0.15, 0.2) is 18.2 Å². The number of hydrogen-bond acceptors (Lipinski definition) is 3. The second kappa shape index (κ2) is 13.6. The highest BCUT2D eigenvalue weighted by Gasteiger charge is 2.32. The molecule has 200 valence electrons. The van der Waals surface area contributed by atoms with Crippen LogP contribution in [0.4, 0.5) is 4.39 Å². The Bertz CT molecular complexity index is 1240. The van der Waals surface area contributed by atoms with E-state index in [1.807, 2.05) is 30.3 Å². The lowest BCUT2D eigenvalue weighted by Crippen LogP contribution is -2.53. The minimum atomic E-state index is -0.831. The van der Waals surface area contributed by atoms with Crippen molar-refractivity contribution in [2.75, 3.05) is 6.61 Å². The molecule has 1 aliphatic carbocycles. The number of amides is 2. The van der Waals surface area contributed by atoms with Gasteiger partial charge < -0.3 is 15.0 Å². The first-order valence-electron chi connectivity index (χ1n) is 12.9. The molecule has 1 aliphatic rings. The van der Waals surface area contributed by atoms with E-state index in [0.717, 1.165) is 37.7 Å². The van der Waals surface area contributed by atoms with Gasteiger partial charge in [0, 0.05) is 29.1 Å². The van der Waals surface area contributed by atoms with E-state index in [2.05, 4.69) is 5.32 Å². The van der Waals surface area contributed by atoms with Crippen LogP contribution in [0, 0.1) is 5.82 Å². The van der Waals surface area contributed by atoms with Crippen molar-refractivity contribution in [2.24, 2.45) is 0 Å². The number of nitrogens with one attached hydrogen (secondary N) is 1. The summed E-state index contributed by atoms with van der Waals surface area (Å²) in [6.07, 6.45) is 5.42. The third-order valence-corrected chi connectivity index (χ3v) is 7.35. The highest BCUT2D eigenvalue weighted by molar-refractivity contribution is 6.35. The van der Waals surface area contributed by atoms with E-state index in [-0.39, 0.29) is 24.2 Å². The fourth-order valence-electron chi connectivity index (χ4n) is 4.72. The Balaban J connectivity index is 1.64. The number of rotatable bonds is 10. The molecule has 5 nitrogen and oxygen atoms in total. The van der Waals surface area contributed by atoms with Crippen molar-refractivity contribution < 1.29 is 18.7 Å². The Labute approximate surface area is 232 Å². The van der Waals surface area contributed by atoms with Gasteiger partial charge >= 0.3 is 0 Å². The van der Waals surface area contributed by atoms with Crippen LogP contribution in [0.3, 0.4) is 0 Å². The van der Waals surface area contributed by atoms with Crippen LogP contribution < -0.4 is 10.1 Å². The molecule has 1 atom stereocenters. The summed E-state index contributed by atoms with van der Waals surface area (Å²) < 4.78 is 19.7. The van der Waals surface area contributed by atoms with Gasteiger partial charge in [-0.05, 0) is 48.2 Å². The number of ether oxygens (including phenoxy) is 1. The predicted molar refractivity (Wildman–Crippen MR) is 148 cm³/mol. The molecule has 3 aromatic carbocycles. The Morgan fingerprint density at radius 3 is 2.39 bits per heavy atom. The van der Waals surface area contributed by atoms with Gasteiger partial charge in [0.25, 0.3) is 5.91 Å². The molecule has 0 aromatic heterocycles. The second-order valence-corrected chi connectivity index (χ2v) is 10.4. The number of hydrogen-bond donors (Lipinski definition) is 1. The summed E-state index contributed by atoms with van der Waals surface area (Å²) >= 11 is 12.6. The third-order valence-electron chi connectivity index (χ3n) is 6.77. The average molecular weight is 557 g/mol. The van der Waals surface area contributed by atoms with Crippen LogP contribution in [0.5, 0.6) is 5.75 Å². The maximum atomic E-state index is 14.2. The first-order chi connectivity index (χ1) is 18.4. The van der Waals surface area contributed by atoms with Crippen LogP contribution >= 0.6 is 23.2 Å². The molecule has 2 amide bonds. The largest absolute Gasteiger partial charge is 0.481 e. The zero-order valence-electron chi connectivity index (χ0n) is 21.0. The number of carbonyl (C=O) groups is 2. The fourth-order valence-corrected chi connectivity index (χ4v) is 5.18. The Morgan fingerprint density at radius 1 is 0.974 bits per heavy atom. The normalized spacial score (nSPS) is 14.5. The average Bonchev–Trinajstić information content (AvgIpc) is 2.92. The molecular weight excluding hydrogens is 526 g/mol. The summed E-state index contributed by atoms with van der Waals surface area (Å²) in [6.45, 7) is -0.376. The summed E-state index contributed by atoms with van der Waals surface area (Å²) in [5.41, 5.74) is 1.55. The van der Waals surface area contributed by atoms with E-state index < -0.39 is 24.4 Å². The molecule has 1 N–H and O–H groups in total. The van der Waals surface area contributed by atoms with E-state index in [1.54, 1.807) is 30.3 Å². The van der Waals surface area contributed by atoms with Crippen molar-refractivity contribution in [3.05, 3.63) is 99.8 Å². The number of para-hydroxylation sites is 1. The minimum Gasteiger partial charge on any atom is -0.481 e. The fraction of sp³-hybridized carbons (Fsp3) is 0.333. The van der Waals surface area contributed by atoms with E-state index in [1.165, 1.54) is 17.0 Å². The van der Waals surface area contributed by atoms with E-state index in [9.17, 15) is 14.0 Å². The molecule has 8 heteroatoms. The second-order valence-electron chi connectivity index (χ2n) is 9.53. The van der Waals surface area contributed by atoms with Crippen LogP contribution in [-0.2, 0) is 22.6 Å². The van der Waals surface area contributed by atoms with Gasteiger partial charge in [-0.25, -0.2) is 4.39 Å². The van der Waals surface area contributed by atoms with Crippen molar-refractivity contribution in [1.29, 1.82) is 0 Å². The lowest BCUT2D eigenvalue weighted by Gasteiger charge is -2.33. The standard InChI is InChI=1S/C30H31Cl2FN2O3/c31-23-16-15-22(25(32)18-23)19-35(29(36)20-38-28-14-8-7-13-26(28)33)27(17-21-9-3-1-4-10-21)30(37)34-24-11-5-2-6-12-24/h1,3-4,7-10,13-16,18,24,27H,2,5-6,11-12,17,19-20H2,(H,34,37). The molecular formula is C30H31Cl2FN2O3. The Kier molecular flexibility index (Phi) is 10.0. The highest BCUT2D eigenvalue weighted by atomic mass is 35.5. The number of carbonyl (C=O) groups excluding carboxylic acids is 2. The molecule has 3 aromatic rings. The van der Waals surface area contributed by atoms with Gasteiger partial charge in [0.1, 0.15) is 6.04 Å². The SMILES string of the molecule is O=C(NC1CCCCC1)C(Cc1ccccc1)N(Cc1ccc(Cl)cc1Cl)C(=O)COc1ccccc1F. The quantitative estimate of drug-likeness (QED) is 0.306. The molecule has 0 saturated heterocycles. The van der Waals surface area contributed by atoms with Gasteiger partial charge in [-0.15, -0.1) is 0 Å². The van der Waals surface area contributed by atoms with Crippen molar-refractivity contribution in [3.63, 3.8) is 0 Å². The maximum absolute atomic E-state index is 14.2. The zero-order chi connectivity index (χ0) is 26.9. The molecule has 38 heavy (non-hydrogen) atoms. The first kappa shape index (κ1) is 27.9. The molecule has 0 bridgehead atoms. The minimum absolute atomic E-state index is 0.0309. The van der Waals surface area contributed by atoms with Crippen LogP contribution in [0.1, 0.15) is 43.2 Å². The van der Waals surface area contributed by atoms with Crippen LogP contribution in [0.15, 0.2) is 72.8 Å². The lowest BCUT2D eigenvalue weighted by atomic mass is 9.94. The van der Waals surface area contributed by atoms with E-state index in [0.29, 0.717) is 22.0 Å². The monoisotopic (exact) mass is 556 g/mol. The number of nitrogens with zero attached hydrogens (tertiary/aromatic N) is 1. The molecule has 4 rings (SSSR count). The van der Waals surface area contributed by atoms with E-state index in [4.69, 9.17) is 27.9 Å². The molecule has 0 heterocycles. The molecule has 0 spiro atoms. The van der Waals surface area contributed by atoms with Crippen LogP contribution in [-0.4, -0.2) is 35.4 Å². The summed E-state index contributed by atoms with van der Waals surface area (Å²) in [4.78, 5) is 28.9. The number of halogens is 3. The smallest absolute Gasteiger partial charge is 0.261 e. The van der Waals surface area contributed by atoms with Gasteiger partial charge in [-0.3, -0.25) is 9.59 Å². The summed E-state index contributed by atoms with van der Waals surface area (Å²) in [6, 6.07) is 19.7. The first-order valence-corrected chi connectivity index (χ1v) is 13.6. The summed E-state index contributed by atoms with van der Waals surface area (Å²) in [5.74, 6) is -1.29. The van der Waals surface area contributed by atoms with Crippen molar-refractivity contribution in [1.82, 2.24) is 10.2 Å². The maximum Gasteiger partial charge on any atom is 0.261 e. The van der Waals surface area contributed by atoms with Crippen molar-refractivity contribution >= 4 is 35.0 Å². The Morgan fingerprint density at radius 2 is 1.68 bits per heavy atom. The molecule has 1 saturated carbocycles. The highest BCUT2D eigenvalue weighted by Crippen LogP contribution is 2.25. The van der Waals surface area contributed by atoms with Gasteiger partial charge in [-0.1, -0.05) is 91.0 Å². The van der Waals surface area contributed by atoms with Gasteiger partial charge in [0.05, 0.1) is 0 Å². The number of benzene rings is 3. The predicted octanol–water partition coefficient (Wildman–Crippen LogP) is 6.60. The zero-order valence-corrected chi connectivity index (χ0v) is 22.6. The van der Waals surface area contributed by atoms with Gasteiger partial charge in [0.2, 0.25) is 5.91 Å². The van der Waals surface area contributed by atoms with Crippen molar-refractivity contribution in [2.45, 2.75) is 57.2 Å². The molecule has 1 fully saturated rings. The van der Waals surface area contributed by atoms with Crippen LogP contribution in [0.25, 0.3) is 0 Å². The lowest BCUT2D eigenvalue weighted by molar-refractivity contribution is -0.143. The summed E-state index contributed by atoms with van der Waals surface area (Å²) in [7, 11) is 0. The molecule has 1 unspecified atom stereocenters. The summed E-state index contributed by atoms with van der Waals surface area (Å²) in [5, 5.41) is 4.03. The topological polar surface area (TPSA) is 58.6 Å². The van der Waals surface area contributed by atoms with Crippen LogP contribution in [0.2, 0.25) is 10.0 Å². The molecule has 0 radical (unpaired) electrons. The van der Waals surface area contributed by atoms with E-state index >= 15 is 0 Å². The Hall–Kier alpha value is -3.09. The van der Waals surface area contributed by atoms with Gasteiger partial charge in [-0.2, -0.15) is 0 Å². The van der Waals surface area contributed by atoms with Crippen molar-refractivity contribution in [3.8, 4) is 5.75 Å². The molecule has 0 aliphatic heterocycles. The third kappa shape index (κ3) is 7.71.